The van der Waals surface area contributed by atoms with Gasteiger partial charge in [-0.1, -0.05) is 13.0 Å². The highest BCUT2D eigenvalue weighted by Gasteiger charge is 2.13. The molecule has 0 unspecified atom stereocenters. The van der Waals surface area contributed by atoms with Gasteiger partial charge in [0.15, 0.2) is 11.5 Å². The molecule has 0 N–H and O–H groups in total. The predicted molar refractivity (Wildman–Crippen MR) is 54.7 cm³/mol. The van der Waals surface area contributed by atoms with Crippen molar-refractivity contribution >= 4 is 12.6 Å². The van der Waals surface area contributed by atoms with E-state index in [2.05, 4.69) is 25.6 Å². The molecule has 0 aromatic heterocycles. The highest BCUT2D eigenvalue weighted by Crippen LogP contribution is 2.32. The van der Waals surface area contributed by atoms with Gasteiger partial charge < -0.3 is 9.47 Å². The third-order valence-electron chi connectivity index (χ3n) is 1.97. The molecule has 0 bridgehead atoms. The minimum Gasteiger partial charge on any atom is -0.454 e. The van der Waals surface area contributed by atoms with Crippen LogP contribution < -0.4 is 9.47 Å². The summed E-state index contributed by atoms with van der Waals surface area (Å²) in [5.41, 5.74) is 1.24. The van der Waals surface area contributed by atoms with Crippen molar-refractivity contribution < 1.29 is 9.47 Å². The Morgan fingerprint density at radius 3 is 2.92 bits per heavy atom. The fraction of sp³-hybridized carbons (Fsp3) is 0.400. The van der Waals surface area contributed by atoms with Crippen LogP contribution in [-0.2, 0) is 6.42 Å². The SMILES string of the molecule is C[C@H](S)Cc1ccc2c(c1)OCO2. The van der Waals surface area contributed by atoms with Crippen molar-refractivity contribution in [1.29, 1.82) is 0 Å². The van der Waals surface area contributed by atoms with Crippen LogP contribution in [0.3, 0.4) is 0 Å². The molecule has 1 atom stereocenters. The molecule has 0 saturated carbocycles. The molecule has 1 heterocycles. The van der Waals surface area contributed by atoms with Gasteiger partial charge in [-0.2, -0.15) is 12.6 Å². The molecule has 0 fully saturated rings. The maximum Gasteiger partial charge on any atom is 0.231 e. The van der Waals surface area contributed by atoms with Crippen LogP contribution in [0.25, 0.3) is 0 Å². The zero-order chi connectivity index (χ0) is 9.26. The molecule has 0 amide bonds. The Bertz CT molecular complexity index is 310. The summed E-state index contributed by atoms with van der Waals surface area (Å²) in [6.07, 6.45) is 0.958. The summed E-state index contributed by atoms with van der Waals surface area (Å²) in [6, 6.07) is 6.03. The second-order valence-corrected chi connectivity index (χ2v) is 4.12. The summed E-state index contributed by atoms with van der Waals surface area (Å²) in [5, 5.41) is 0.375. The quantitative estimate of drug-likeness (QED) is 0.731. The Hall–Kier alpha value is -0.830. The third-order valence-corrected chi connectivity index (χ3v) is 2.15. The standard InChI is InChI=1S/C10H12O2S/c1-7(13)4-8-2-3-9-10(5-8)12-6-11-9/h2-3,5,7,13H,4,6H2,1H3/t7-/m0/s1. The second-order valence-electron chi connectivity index (χ2n) is 3.24. The van der Waals surface area contributed by atoms with E-state index in [1.807, 2.05) is 12.1 Å². The van der Waals surface area contributed by atoms with E-state index in [9.17, 15) is 0 Å². The van der Waals surface area contributed by atoms with Gasteiger partial charge in [0, 0.05) is 5.25 Å². The van der Waals surface area contributed by atoms with Crippen LogP contribution in [0, 0.1) is 0 Å². The number of fused-ring (bicyclic) bond motifs is 1. The molecule has 70 valence electrons. The van der Waals surface area contributed by atoms with Gasteiger partial charge in [0.25, 0.3) is 0 Å². The monoisotopic (exact) mass is 196 g/mol. The predicted octanol–water partition coefficient (Wildman–Crippen LogP) is 2.28. The lowest BCUT2D eigenvalue weighted by Crippen LogP contribution is -1.96. The van der Waals surface area contributed by atoms with Crippen LogP contribution in [0.15, 0.2) is 18.2 Å². The smallest absolute Gasteiger partial charge is 0.231 e. The van der Waals surface area contributed by atoms with E-state index in [1.54, 1.807) is 0 Å². The summed E-state index contributed by atoms with van der Waals surface area (Å²) < 4.78 is 10.5. The Morgan fingerprint density at radius 2 is 2.15 bits per heavy atom. The largest absolute Gasteiger partial charge is 0.454 e. The summed E-state index contributed by atoms with van der Waals surface area (Å²) in [4.78, 5) is 0. The first-order valence-corrected chi connectivity index (χ1v) is 4.84. The summed E-state index contributed by atoms with van der Waals surface area (Å²) in [5.74, 6) is 1.70. The molecule has 1 aliphatic heterocycles. The number of hydrogen-bond acceptors (Lipinski definition) is 3. The summed E-state index contributed by atoms with van der Waals surface area (Å²) in [6.45, 7) is 2.42. The maximum atomic E-state index is 5.27. The van der Waals surface area contributed by atoms with Gasteiger partial charge in [0.05, 0.1) is 0 Å². The van der Waals surface area contributed by atoms with Crippen LogP contribution >= 0.6 is 12.6 Å². The minimum absolute atomic E-state index is 0.342. The average Bonchev–Trinajstić information content (AvgIpc) is 2.49. The molecule has 0 saturated heterocycles. The van der Waals surface area contributed by atoms with Crippen molar-refractivity contribution in [3.63, 3.8) is 0 Å². The van der Waals surface area contributed by atoms with Crippen LogP contribution in [-0.4, -0.2) is 12.0 Å². The zero-order valence-corrected chi connectivity index (χ0v) is 8.38. The van der Waals surface area contributed by atoms with Crippen LogP contribution in [0.4, 0.5) is 0 Å². The number of rotatable bonds is 2. The van der Waals surface area contributed by atoms with Gasteiger partial charge in [0.1, 0.15) is 0 Å². The van der Waals surface area contributed by atoms with Crippen molar-refractivity contribution in [2.75, 3.05) is 6.79 Å². The van der Waals surface area contributed by atoms with E-state index in [0.29, 0.717) is 12.0 Å². The molecule has 0 aliphatic carbocycles. The molecule has 2 rings (SSSR count). The molecular formula is C10H12O2S. The van der Waals surface area contributed by atoms with Crippen LogP contribution in [0.1, 0.15) is 12.5 Å². The number of thiol groups is 1. The topological polar surface area (TPSA) is 18.5 Å². The fourth-order valence-electron chi connectivity index (χ4n) is 1.41. The first-order chi connectivity index (χ1) is 6.25. The maximum absolute atomic E-state index is 5.27. The van der Waals surface area contributed by atoms with E-state index < -0.39 is 0 Å². The Labute approximate surface area is 83.3 Å². The van der Waals surface area contributed by atoms with E-state index in [-0.39, 0.29) is 0 Å². The highest BCUT2D eigenvalue weighted by atomic mass is 32.1. The first kappa shape index (κ1) is 8.75. The normalized spacial score (nSPS) is 15.8. The summed E-state index contributed by atoms with van der Waals surface area (Å²) in [7, 11) is 0. The zero-order valence-electron chi connectivity index (χ0n) is 7.49. The highest BCUT2D eigenvalue weighted by molar-refractivity contribution is 7.80. The van der Waals surface area contributed by atoms with Crippen molar-refractivity contribution in [3.05, 3.63) is 23.8 Å². The van der Waals surface area contributed by atoms with Gasteiger partial charge in [-0.3, -0.25) is 0 Å². The van der Waals surface area contributed by atoms with E-state index in [1.165, 1.54) is 5.56 Å². The summed E-state index contributed by atoms with van der Waals surface area (Å²) >= 11 is 4.34. The van der Waals surface area contributed by atoms with E-state index in [0.717, 1.165) is 17.9 Å². The first-order valence-electron chi connectivity index (χ1n) is 4.32. The molecule has 3 heteroatoms. The lowest BCUT2D eigenvalue weighted by molar-refractivity contribution is 0.174. The molecule has 1 aromatic carbocycles. The van der Waals surface area contributed by atoms with Crippen molar-refractivity contribution in [1.82, 2.24) is 0 Å². The van der Waals surface area contributed by atoms with Gasteiger partial charge >= 0.3 is 0 Å². The molecule has 2 nitrogen and oxygen atoms in total. The Morgan fingerprint density at radius 1 is 1.38 bits per heavy atom. The number of ether oxygens (including phenoxy) is 2. The number of hydrogen-bond donors (Lipinski definition) is 1. The molecule has 1 aromatic rings. The number of benzene rings is 1. The molecule has 13 heavy (non-hydrogen) atoms. The second kappa shape index (κ2) is 3.50. The third kappa shape index (κ3) is 1.91. The fourth-order valence-corrected chi connectivity index (χ4v) is 1.62. The van der Waals surface area contributed by atoms with Crippen molar-refractivity contribution in [3.8, 4) is 11.5 Å². The van der Waals surface area contributed by atoms with Crippen molar-refractivity contribution in [2.24, 2.45) is 0 Å². The van der Waals surface area contributed by atoms with E-state index in [4.69, 9.17) is 9.47 Å². The van der Waals surface area contributed by atoms with E-state index >= 15 is 0 Å². The van der Waals surface area contributed by atoms with Gasteiger partial charge in [-0.05, 0) is 24.1 Å². The Balaban J connectivity index is 2.21. The van der Waals surface area contributed by atoms with Crippen LogP contribution in [0.2, 0.25) is 0 Å². The lowest BCUT2D eigenvalue weighted by atomic mass is 10.1. The van der Waals surface area contributed by atoms with Crippen LogP contribution in [0.5, 0.6) is 11.5 Å². The molecule has 1 aliphatic rings. The lowest BCUT2D eigenvalue weighted by Gasteiger charge is -2.04. The minimum atomic E-state index is 0.342. The molecular weight excluding hydrogens is 184 g/mol. The molecule has 0 radical (unpaired) electrons. The Kier molecular flexibility index (Phi) is 2.36. The molecule has 0 spiro atoms. The van der Waals surface area contributed by atoms with Gasteiger partial charge in [0.2, 0.25) is 6.79 Å². The van der Waals surface area contributed by atoms with Gasteiger partial charge in [-0.15, -0.1) is 0 Å². The van der Waals surface area contributed by atoms with Crippen molar-refractivity contribution in [2.45, 2.75) is 18.6 Å². The van der Waals surface area contributed by atoms with Gasteiger partial charge in [-0.25, -0.2) is 0 Å². The average molecular weight is 196 g/mol.